The molecule has 0 aromatic carbocycles. The lowest BCUT2D eigenvalue weighted by molar-refractivity contribution is -0.121. The molecule has 16 heavy (non-hydrogen) atoms. The fourth-order valence-electron chi connectivity index (χ4n) is 1.76. The van der Waals surface area contributed by atoms with E-state index in [0.717, 1.165) is 6.54 Å². The average molecular weight is 248 g/mol. The summed E-state index contributed by atoms with van der Waals surface area (Å²) >= 11 is 0. The van der Waals surface area contributed by atoms with Gasteiger partial charge in [-0.2, -0.15) is 0 Å². The van der Waals surface area contributed by atoms with E-state index in [1.54, 1.807) is 0 Å². The molecule has 1 rings (SSSR count). The van der Waals surface area contributed by atoms with Gasteiger partial charge in [0.15, 0.2) is 9.84 Å². The molecule has 6 heteroatoms. The first kappa shape index (κ1) is 13.4. The van der Waals surface area contributed by atoms with Crippen LogP contribution < -0.4 is 10.6 Å². The van der Waals surface area contributed by atoms with Crippen molar-refractivity contribution in [3.05, 3.63) is 0 Å². The molecule has 0 aromatic rings. The van der Waals surface area contributed by atoms with Gasteiger partial charge in [0.1, 0.15) is 0 Å². The Hall–Kier alpha value is -0.620. The minimum Gasteiger partial charge on any atom is -0.356 e. The lowest BCUT2D eigenvalue weighted by atomic mass is 10.1. The molecular formula is C10H20N2O3S. The molecule has 1 unspecified atom stereocenters. The third-order valence-corrected chi connectivity index (χ3v) is 4.53. The molecule has 0 saturated carbocycles. The zero-order valence-corrected chi connectivity index (χ0v) is 10.5. The summed E-state index contributed by atoms with van der Waals surface area (Å²) in [6.45, 7) is 4.00. The first-order valence-corrected chi connectivity index (χ1v) is 7.53. The van der Waals surface area contributed by atoms with Gasteiger partial charge in [-0.25, -0.2) is 8.42 Å². The second-order valence-corrected chi connectivity index (χ2v) is 6.41. The lowest BCUT2D eigenvalue weighted by Gasteiger charge is -2.09. The Bertz CT molecular complexity index is 327. The molecule has 1 atom stereocenters. The maximum absolute atomic E-state index is 11.3. The highest BCUT2D eigenvalue weighted by atomic mass is 32.2. The Morgan fingerprint density at radius 3 is 2.75 bits per heavy atom. The predicted octanol–water partition coefficient (Wildman–Crippen LogP) is -0.463. The number of rotatable bonds is 6. The quantitative estimate of drug-likeness (QED) is 0.624. The van der Waals surface area contributed by atoms with Crippen LogP contribution in [0.2, 0.25) is 0 Å². The molecule has 94 valence electrons. The van der Waals surface area contributed by atoms with Crippen molar-refractivity contribution in [3.8, 4) is 0 Å². The summed E-state index contributed by atoms with van der Waals surface area (Å²) in [5.74, 6) is 0.587. The van der Waals surface area contributed by atoms with Gasteiger partial charge in [-0.1, -0.05) is 6.92 Å². The molecule has 0 aliphatic carbocycles. The van der Waals surface area contributed by atoms with E-state index in [9.17, 15) is 13.2 Å². The van der Waals surface area contributed by atoms with Gasteiger partial charge in [-0.15, -0.1) is 0 Å². The van der Waals surface area contributed by atoms with Gasteiger partial charge in [-0.05, 0) is 18.9 Å². The Labute approximate surface area is 96.9 Å². The van der Waals surface area contributed by atoms with Crippen LogP contribution in [-0.2, 0) is 14.6 Å². The third kappa shape index (κ3) is 4.94. The van der Waals surface area contributed by atoms with Gasteiger partial charge in [0.05, 0.1) is 11.5 Å². The van der Waals surface area contributed by atoms with Crippen LogP contribution in [0.1, 0.15) is 19.8 Å². The molecule has 0 bridgehead atoms. The molecular weight excluding hydrogens is 228 g/mol. The number of carbonyl (C=O) groups excluding carboxylic acids is 1. The molecule has 0 aromatic heterocycles. The Kier molecular flexibility index (Phi) is 5.21. The van der Waals surface area contributed by atoms with Crippen LogP contribution >= 0.6 is 0 Å². The highest BCUT2D eigenvalue weighted by molar-refractivity contribution is 7.91. The van der Waals surface area contributed by atoms with Gasteiger partial charge in [0.25, 0.3) is 0 Å². The summed E-state index contributed by atoms with van der Waals surface area (Å²) in [4.78, 5) is 11.3. The molecule has 5 nitrogen and oxygen atoms in total. The van der Waals surface area contributed by atoms with Crippen molar-refractivity contribution in [2.45, 2.75) is 19.8 Å². The summed E-state index contributed by atoms with van der Waals surface area (Å²) in [7, 11) is -2.83. The van der Waals surface area contributed by atoms with Crippen LogP contribution in [0.15, 0.2) is 0 Å². The maximum atomic E-state index is 11.3. The number of nitrogens with one attached hydrogen (secondary N) is 2. The molecule has 1 heterocycles. The second kappa shape index (κ2) is 6.20. The third-order valence-electron chi connectivity index (χ3n) is 2.69. The van der Waals surface area contributed by atoms with Crippen LogP contribution in [0, 0.1) is 5.92 Å². The molecule has 1 amide bonds. The van der Waals surface area contributed by atoms with E-state index in [4.69, 9.17) is 0 Å². The Balaban J connectivity index is 2.13. The predicted molar refractivity (Wildman–Crippen MR) is 62.9 cm³/mol. The number of hydrogen-bond donors (Lipinski definition) is 2. The standard InChI is InChI=1S/C10H20N2O3S/c1-2-11-5-3-10(13)12-7-9-4-6-16(14,15)8-9/h9,11H,2-8H2,1H3,(H,12,13). The van der Waals surface area contributed by atoms with E-state index in [0.29, 0.717) is 25.9 Å². The van der Waals surface area contributed by atoms with Crippen LogP contribution in [-0.4, -0.2) is 45.5 Å². The van der Waals surface area contributed by atoms with Crippen molar-refractivity contribution in [2.75, 3.05) is 31.1 Å². The second-order valence-electron chi connectivity index (χ2n) is 4.18. The molecule has 1 fully saturated rings. The van der Waals surface area contributed by atoms with E-state index in [1.165, 1.54) is 0 Å². The van der Waals surface area contributed by atoms with E-state index in [-0.39, 0.29) is 23.3 Å². The summed E-state index contributed by atoms with van der Waals surface area (Å²) in [6, 6.07) is 0. The minimum atomic E-state index is -2.83. The SMILES string of the molecule is CCNCCC(=O)NCC1CCS(=O)(=O)C1. The summed E-state index contributed by atoms with van der Waals surface area (Å²) < 4.78 is 22.3. The van der Waals surface area contributed by atoms with Crippen LogP contribution in [0.3, 0.4) is 0 Å². The van der Waals surface area contributed by atoms with E-state index in [1.807, 2.05) is 6.92 Å². The minimum absolute atomic E-state index is 0.00903. The largest absolute Gasteiger partial charge is 0.356 e. The van der Waals surface area contributed by atoms with Gasteiger partial charge < -0.3 is 10.6 Å². The first-order chi connectivity index (χ1) is 7.53. The average Bonchev–Trinajstić information content (AvgIpc) is 2.56. The molecule has 0 radical (unpaired) electrons. The summed E-state index contributed by atoms with van der Waals surface area (Å²) in [6.07, 6.45) is 1.13. The first-order valence-electron chi connectivity index (χ1n) is 5.71. The molecule has 1 aliphatic rings. The fourth-order valence-corrected chi connectivity index (χ4v) is 3.62. The van der Waals surface area contributed by atoms with Crippen LogP contribution in [0.5, 0.6) is 0 Å². The normalized spacial score (nSPS) is 23.2. The highest BCUT2D eigenvalue weighted by Crippen LogP contribution is 2.17. The van der Waals surface area contributed by atoms with Gasteiger partial charge in [0, 0.05) is 19.5 Å². The van der Waals surface area contributed by atoms with Crippen molar-refractivity contribution in [3.63, 3.8) is 0 Å². The van der Waals surface area contributed by atoms with Crippen LogP contribution in [0.25, 0.3) is 0 Å². The zero-order valence-electron chi connectivity index (χ0n) is 9.66. The smallest absolute Gasteiger partial charge is 0.221 e. The molecule has 1 saturated heterocycles. The maximum Gasteiger partial charge on any atom is 0.221 e. The van der Waals surface area contributed by atoms with E-state index < -0.39 is 9.84 Å². The van der Waals surface area contributed by atoms with Gasteiger partial charge in [-0.3, -0.25) is 4.79 Å². The van der Waals surface area contributed by atoms with Crippen molar-refractivity contribution >= 4 is 15.7 Å². The number of carbonyl (C=O) groups is 1. The van der Waals surface area contributed by atoms with E-state index >= 15 is 0 Å². The molecule has 0 spiro atoms. The lowest BCUT2D eigenvalue weighted by Crippen LogP contribution is -2.32. The summed E-state index contributed by atoms with van der Waals surface area (Å²) in [5, 5.41) is 5.84. The zero-order chi connectivity index (χ0) is 12.0. The van der Waals surface area contributed by atoms with Crippen molar-refractivity contribution in [2.24, 2.45) is 5.92 Å². The van der Waals surface area contributed by atoms with Gasteiger partial charge in [0.2, 0.25) is 5.91 Å². The van der Waals surface area contributed by atoms with Crippen LogP contribution in [0.4, 0.5) is 0 Å². The van der Waals surface area contributed by atoms with E-state index in [2.05, 4.69) is 10.6 Å². The number of hydrogen-bond acceptors (Lipinski definition) is 4. The van der Waals surface area contributed by atoms with Gasteiger partial charge >= 0.3 is 0 Å². The molecule has 1 aliphatic heterocycles. The van der Waals surface area contributed by atoms with Crippen molar-refractivity contribution in [1.29, 1.82) is 0 Å². The monoisotopic (exact) mass is 248 g/mol. The van der Waals surface area contributed by atoms with Crippen molar-refractivity contribution < 1.29 is 13.2 Å². The topological polar surface area (TPSA) is 75.3 Å². The fraction of sp³-hybridized carbons (Fsp3) is 0.900. The Morgan fingerprint density at radius 1 is 1.44 bits per heavy atom. The molecule has 2 N–H and O–H groups in total. The number of sulfone groups is 1. The number of amides is 1. The van der Waals surface area contributed by atoms with Crippen molar-refractivity contribution in [1.82, 2.24) is 10.6 Å². The summed E-state index contributed by atoms with van der Waals surface area (Å²) in [5.41, 5.74) is 0. The highest BCUT2D eigenvalue weighted by Gasteiger charge is 2.27. The Morgan fingerprint density at radius 2 is 2.19 bits per heavy atom.